The first kappa shape index (κ1) is 13.7. The number of ketones is 1. The van der Waals surface area contributed by atoms with Gasteiger partial charge < -0.3 is 19.6 Å². The summed E-state index contributed by atoms with van der Waals surface area (Å²) in [5, 5.41) is 8.86. The average Bonchev–Trinajstić information content (AvgIpc) is 2.95. The van der Waals surface area contributed by atoms with Gasteiger partial charge in [-0.1, -0.05) is 6.07 Å². The SMILES string of the molecule is COc1cccc(OC)c1C(=O)c1c[nH]c(C(=O)O)c1. The number of hydrogen-bond donors (Lipinski definition) is 2. The third-order valence-corrected chi connectivity index (χ3v) is 2.83. The molecule has 0 fully saturated rings. The van der Waals surface area contributed by atoms with Crippen molar-refractivity contribution in [3.05, 3.63) is 47.3 Å². The average molecular weight is 275 g/mol. The lowest BCUT2D eigenvalue weighted by Gasteiger charge is -2.11. The lowest BCUT2D eigenvalue weighted by molar-refractivity contribution is 0.0691. The smallest absolute Gasteiger partial charge is 0.352 e. The van der Waals surface area contributed by atoms with Gasteiger partial charge in [0.1, 0.15) is 22.8 Å². The van der Waals surface area contributed by atoms with E-state index in [1.807, 2.05) is 0 Å². The predicted molar refractivity (Wildman–Crippen MR) is 70.7 cm³/mol. The van der Waals surface area contributed by atoms with Crippen molar-refractivity contribution in [1.29, 1.82) is 0 Å². The molecule has 0 aliphatic carbocycles. The molecule has 1 heterocycles. The monoisotopic (exact) mass is 275 g/mol. The first-order valence-corrected chi connectivity index (χ1v) is 5.76. The topological polar surface area (TPSA) is 88.6 Å². The number of carboxylic acids is 1. The van der Waals surface area contributed by atoms with E-state index in [-0.39, 0.29) is 22.6 Å². The molecule has 0 aliphatic rings. The number of methoxy groups -OCH3 is 2. The van der Waals surface area contributed by atoms with E-state index in [9.17, 15) is 9.59 Å². The highest BCUT2D eigenvalue weighted by Crippen LogP contribution is 2.30. The van der Waals surface area contributed by atoms with E-state index in [2.05, 4.69) is 4.98 Å². The lowest BCUT2D eigenvalue weighted by Crippen LogP contribution is -2.05. The summed E-state index contributed by atoms with van der Waals surface area (Å²) in [5.41, 5.74) is 0.431. The lowest BCUT2D eigenvalue weighted by atomic mass is 10.0. The van der Waals surface area contributed by atoms with Crippen LogP contribution in [-0.2, 0) is 0 Å². The van der Waals surface area contributed by atoms with Crippen LogP contribution in [0.25, 0.3) is 0 Å². The van der Waals surface area contributed by atoms with Crippen LogP contribution in [0.5, 0.6) is 11.5 Å². The fraction of sp³-hybridized carbons (Fsp3) is 0.143. The number of aromatic nitrogens is 1. The molecule has 0 bridgehead atoms. The molecule has 0 atom stereocenters. The van der Waals surface area contributed by atoms with Crippen LogP contribution in [0.4, 0.5) is 0 Å². The van der Waals surface area contributed by atoms with Crippen LogP contribution in [0, 0.1) is 0 Å². The molecule has 2 rings (SSSR count). The summed E-state index contributed by atoms with van der Waals surface area (Å²) >= 11 is 0. The van der Waals surface area contributed by atoms with Gasteiger partial charge in [-0.3, -0.25) is 4.79 Å². The number of carbonyl (C=O) groups excluding carboxylic acids is 1. The number of carboxylic acid groups (broad SMARTS) is 1. The van der Waals surface area contributed by atoms with Crippen LogP contribution in [0.2, 0.25) is 0 Å². The molecule has 1 aromatic carbocycles. The molecule has 0 amide bonds. The van der Waals surface area contributed by atoms with E-state index < -0.39 is 5.97 Å². The molecule has 20 heavy (non-hydrogen) atoms. The zero-order valence-corrected chi connectivity index (χ0v) is 11.0. The van der Waals surface area contributed by atoms with E-state index in [0.29, 0.717) is 11.5 Å². The summed E-state index contributed by atoms with van der Waals surface area (Å²) in [6, 6.07) is 6.26. The van der Waals surface area contributed by atoms with Crippen LogP contribution >= 0.6 is 0 Å². The normalized spacial score (nSPS) is 10.1. The Balaban J connectivity index is 2.49. The second kappa shape index (κ2) is 5.48. The van der Waals surface area contributed by atoms with Gasteiger partial charge in [-0.15, -0.1) is 0 Å². The summed E-state index contributed by atoms with van der Waals surface area (Å²) < 4.78 is 10.3. The Morgan fingerprint density at radius 3 is 2.20 bits per heavy atom. The number of rotatable bonds is 5. The highest BCUT2D eigenvalue weighted by Gasteiger charge is 2.21. The maximum absolute atomic E-state index is 12.5. The molecule has 0 spiro atoms. The van der Waals surface area contributed by atoms with Crippen molar-refractivity contribution in [3.63, 3.8) is 0 Å². The third-order valence-electron chi connectivity index (χ3n) is 2.83. The molecule has 6 nitrogen and oxygen atoms in total. The molecule has 0 unspecified atom stereocenters. The van der Waals surface area contributed by atoms with Gasteiger partial charge in [-0.2, -0.15) is 0 Å². The van der Waals surface area contributed by atoms with Crippen molar-refractivity contribution < 1.29 is 24.2 Å². The van der Waals surface area contributed by atoms with Crippen LogP contribution in [0.1, 0.15) is 26.4 Å². The Kier molecular flexibility index (Phi) is 3.74. The van der Waals surface area contributed by atoms with Crippen LogP contribution in [-0.4, -0.2) is 36.1 Å². The summed E-state index contributed by atoms with van der Waals surface area (Å²) in [4.78, 5) is 25.8. The molecule has 0 aliphatic heterocycles. The molecule has 6 heteroatoms. The second-order valence-corrected chi connectivity index (χ2v) is 3.97. The maximum Gasteiger partial charge on any atom is 0.352 e. The third kappa shape index (κ3) is 2.35. The highest BCUT2D eigenvalue weighted by atomic mass is 16.5. The first-order chi connectivity index (χ1) is 9.58. The quantitative estimate of drug-likeness (QED) is 0.814. The largest absolute Gasteiger partial charge is 0.496 e. The van der Waals surface area contributed by atoms with Crippen molar-refractivity contribution in [2.45, 2.75) is 0 Å². The number of aromatic amines is 1. The molecule has 2 aromatic rings. The molecule has 0 saturated heterocycles. The number of hydrogen-bond acceptors (Lipinski definition) is 4. The molecule has 1 aromatic heterocycles. The van der Waals surface area contributed by atoms with Gasteiger partial charge in [0.15, 0.2) is 0 Å². The molecular formula is C14H13NO5. The molecule has 104 valence electrons. The van der Waals surface area contributed by atoms with Crippen molar-refractivity contribution in [2.24, 2.45) is 0 Å². The number of benzene rings is 1. The van der Waals surface area contributed by atoms with E-state index in [1.54, 1.807) is 18.2 Å². The number of aromatic carboxylic acids is 1. The standard InChI is InChI=1S/C14H13NO5/c1-19-10-4-3-5-11(20-2)12(10)13(16)8-6-9(14(17)18)15-7-8/h3-7,15H,1-2H3,(H,17,18). The van der Waals surface area contributed by atoms with E-state index in [1.165, 1.54) is 26.5 Å². The van der Waals surface area contributed by atoms with Gasteiger partial charge in [0.2, 0.25) is 5.78 Å². The Morgan fingerprint density at radius 2 is 1.75 bits per heavy atom. The minimum atomic E-state index is -1.13. The van der Waals surface area contributed by atoms with Crippen LogP contribution < -0.4 is 9.47 Å². The van der Waals surface area contributed by atoms with Gasteiger partial charge in [0.25, 0.3) is 0 Å². The van der Waals surface area contributed by atoms with Crippen LogP contribution in [0.3, 0.4) is 0 Å². The van der Waals surface area contributed by atoms with Crippen LogP contribution in [0.15, 0.2) is 30.5 Å². The van der Waals surface area contributed by atoms with E-state index >= 15 is 0 Å². The summed E-state index contributed by atoms with van der Waals surface area (Å²) in [7, 11) is 2.90. The second-order valence-electron chi connectivity index (χ2n) is 3.97. The minimum Gasteiger partial charge on any atom is -0.496 e. The van der Waals surface area contributed by atoms with Crippen molar-refractivity contribution >= 4 is 11.8 Å². The van der Waals surface area contributed by atoms with Gasteiger partial charge in [0.05, 0.1) is 14.2 Å². The van der Waals surface area contributed by atoms with Gasteiger partial charge in [-0.05, 0) is 18.2 Å². The summed E-state index contributed by atoms with van der Waals surface area (Å²) in [6.07, 6.45) is 1.34. The van der Waals surface area contributed by atoms with Crippen molar-refractivity contribution in [2.75, 3.05) is 14.2 Å². The number of carbonyl (C=O) groups is 2. The van der Waals surface area contributed by atoms with Gasteiger partial charge in [0, 0.05) is 11.8 Å². The predicted octanol–water partition coefficient (Wildman–Crippen LogP) is 1.96. The van der Waals surface area contributed by atoms with E-state index in [4.69, 9.17) is 14.6 Å². The van der Waals surface area contributed by atoms with Crippen molar-refractivity contribution in [1.82, 2.24) is 4.98 Å². The number of nitrogens with one attached hydrogen (secondary N) is 1. The Bertz CT molecular complexity index is 637. The molecule has 2 N–H and O–H groups in total. The zero-order chi connectivity index (χ0) is 14.7. The first-order valence-electron chi connectivity index (χ1n) is 5.76. The Morgan fingerprint density at radius 1 is 1.15 bits per heavy atom. The van der Waals surface area contributed by atoms with Gasteiger partial charge in [-0.25, -0.2) is 4.79 Å². The number of H-pyrrole nitrogens is 1. The minimum absolute atomic E-state index is 0.0535. The Labute approximate surface area is 115 Å². The fourth-order valence-corrected chi connectivity index (χ4v) is 1.87. The highest BCUT2D eigenvalue weighted by molar-refractivity contribution is 6.13. The molecular weight excluding hydrogens is 262 g/mol. The fourth-order valence-electron chi connectivity index (χ4n) is 1.87. The molecule has 0 radical (unpaired) electrons. The molecule has 0 saturated carbocycles. The zero-order valence-electron chi connectivity index (χ0n) is 11.0. The summed E-state index contributed by atoms with van der Waals surface area (Å²) in [5.74, 6) is -0.765. The van der Waals surface area contributed by atoms with Gasteiger partial charge >= 0.3 is 5.97 Å². The number of ether oxygens (including phenoxy) is 2. The maximum atomic E-state index is 12.5. The van der Waals surface area contributed by atoms with Crippen molar-refractivity contribution in [3.8, 4) is 11.5 Å². The Hall–Kier alpha value is -2.76. The summed E-state index contributed by atoms with van der Waals surface area (Å²) in [6.45, 7) is 0. The van der Waals surface area contributed by atoms with E-state index in [0.717, 1.165) is 0 Å².